The van der Waals surface area contributed by atoms with Crippen LogP contribution >= 0.6 is 0 Å². The van der Waals surface area contributed by atoms with Gasteiger partial charge in [-0.2, -0.15) is 0 Å². The zero-order valence-electron chi connectivity index (χ0n) is 8.85. The van der Waals surface area contributed by atoms with E-state index in [0.29, 0.717) is 12.2 Å². The molecule has 0 aliphatic carbocycles. The summed E-state index contributed by atoms with van der Waals surface area (Å²) in [4.78, 5) is 18.2. The van der Waals surface area contributed by atoms with Crippen LogP contribution in [0.4, 0.5) is 5.82 Å². The van der Waals surface area contributed by atoms with Crippen LogP contribution < -0.4 is 10.2 Å². The van der Waals surface area contributed by atoms with Crippen molar-refractivity contribution >= 4 is 11.8 Å². The molecule has 0 bridgehead atoms. The van der Waals surface area contributed by atoms with E-state index in [4.69, 9.17) is 4.74 Å². The van der Waals surface area contributed by atoms with Gasteiger partial charge in [-0.1, -0.05) is 0 Å². The van der Waals surface area contributed by atoms with E-state index in [1.54, 1.807) is 18.3 Å². The smallest absolute Gasteiger partial charge is 0.341 e. The fourth-order valence-corrected chi connectivity index (χ4v) is 2.22. The van der Waals surface area contributed by atoms with Crippen LogP contribution in [-0.4, -0.2) is 43.2 Å². The lowest BCUT2D eigenvalue weighted by atomic mass is 10.2. The maximum Gasteiger partial charge on any atom is 0.341 e. The summed E-state index contributed by atoms with van der Waals surface area (Å²) >= 11 is 0. The van der Waals surface area contributed by atoms with Gasteiger partial charge in [0.05, 0.1) is 6.04 Å². The number of pyridine rings is 1. The van der Waals surface area contributed by atoms with Crippen molar-refractivity contribution in [3.05, 3.63) is 23.9 Å². The van der Waals surface area contributed by atoms with Crippen LogP contribution in [0.2, 0.25) is 0 Å². The molecule has 3 rings (SSSR count). The zero-order valence-corrected chi connectivity index (χ0v) is 8.85. The second-order valence-corrected chi connectivity index (χ2v) is 4.02. The number of esters is 1. The quantitative estimate of drug-likeness (QED) is 0.624. The molecule has 1 atom stereocenters. The Hall–Kier alpha value is -1.62. The number of nitrogens with zero attached hydrogens (tertiary/aromatic N) is 2. The van der Waals surface area contributed by atoms with Crippen LogP contribution in [0.15, 0.2) is 18.3 Å². The first-order valence-electron chi connectivity index (χ1n) is 5.46. The van der Waals surface area contributed by atoms with Gasteiger partial charge in [-0.05, 0) is 12.1 Å². The van der Waals surface area contributed by atoms with Gasteiger partial charge >= 0.3 is 5.97 Å². The van der Waals surface area contributed by atoms with Crippen molar-refractivity contribution in [2.24, 2.45) is 0 Å². The van der Waals surface area contributed by atoms with E-state index in [-0.39, 0.29) is 12.0 Å². The first-order chi connectivity index (χ1) is 7.86. The number of hydrogen-bond acceptors (Lipinski definition) is 5. The van der Waals surface area contributed by atoms with Crippen molar-refractivity contribution in [1.29, 1.82) is 0 Å². The van der Waals surface area contributed by atoms with E-state index in [1.165, 1.54) is 0 Å². The molecule has 3 heterocycles. The third-order valence-corrected chi connectivity index (χ3v) is 3.04. The van der Waals surface area contributed by atoms with Crippen molar-refractivity contribution in [2.45, 2.75) is 6.04 Å². The molecule has 5 nitrogen and oxygen atoms in total. The first-order valence-corrected chi connectivity index (χ1v) is 5.46. The van der Waals surface area contributed by atoms with Gasteiger partial charge in [0.2, 0.25) is 0 Å². The van der Waals surface area contributed by atoms with Gasteiger partial charge in [0.25, 0.3) is 0 Å². The van der Waals surface area contributed by atoms with E-state index < -0.39 is 0 Å². The van der Waals surface area contributed by atoms with E-state index in [0.717, 1.165) is 25.5 Å². The number of carbonyl (C=O) groups is 1. The Labute approximate surface area is 93.4 Å². The molecular formula is C11H13N3O2. The number of hydrogen-bond donors (Lipinski definition) is 1. The van der Waals surface area contributed by atoms with Gasteiger partial charge in [0.15, 0.2) is 0 Å². The van der Waals surface area contributed by atoms with Crippen LogP contribution in [-0.2, 0) is 4.74 Å². The minimum absolute atomic E-state index is 0.203. The monoisotopic (exact) mass is 219 g/mol. The molecular weight excluding hydrogens is 206 g/mol. The number of fused-ring (bicyclic) bond motifs is 3. The predicted octanol–water partition coefficient (Wildman–Crippen LogP) is 0.0302. The standard InChI is InChI=1S/C11H13N3O2/c15-11-9-2-1-3-13-10(9)14-5-4-12-6-8(14)7-16-11/h1-3,8,12H,4-7H2. The van der Waals surface area contributed by atoms with Gasteiger partial charge in [0, 0.05) is 25.8 Å². The Morgan fingerprint density at radius 1 is 1.56 bits per heavy atom. The molecule has 1 saturated heterocycles. The SMILES string of the molecule is O=C1OCC2CNCCN2c2ncccc21. The van der Waals surface area contributed by atoms with Crippen LogP contribution in [0.5, 0.6) is 0 Å². The van der Waals surface area contributed by atoms with E-state index >= 15 is 0 Å². The van der Waals surface area contributed by atoms with E-state index in [1.807, 2.05) is 0 Å². The lowest BCUT2D eigenvalue weighted by Crippen LogP contribution is -2.53. The fraction of sp³-hybridized carbons (Fsp3) is 0.455. The number of aromatic nitrogens is 1. The second kappa shape index (κ2) is 3.75. The van der Waals surface area contributed by atoms with Crippen LogP contribution in [0, 0.1) is 0 Å². The minimum atomic E-state index is -0.266. The molecule has 0 radical (unpaired) electrons. The fourth-order valence-electron chi connectivity index (χ4n) is 2.22. The third-order valence-electron chi connectivity index (χ3n) is 3.04. The minimum Gasteiger partial charge on any atom is -0.460 e. The molecule has 5 heteroatoms. The Balaban J connectivity index is 2.06. The van der Waals surface area contributed by atoms with Gasteiger partial charge in [-0.15, -0.1) is 0 Å². The van der Waals surface area contributed by atoms with Crippen molar-refractivity contribution in [3.63, 3.8) is 0 Å². The summed E-state index contributed by atoms with van der Waals surface area (Å²) < 4.78 is 5.24. The predicted molar refractivity (Wildman–Crippen MR) is 58.5 cm³/mol. The molecule has 16 heavy (non-hydrogen) atoms. The summed E-state index contributed by atoms with van der Waals surface area (Å²) in [6.07, 6.45) is 1.72. The average molecular weight is 219 g/mol. The van der Waals surface area contributed by atoms with Crippen molar-refractivity contribution in [1.82, 2.24) is 10.3 Å². The van der Waals surface area contributed by atoms with Crippen molar-refractivity contribution in [2.75, 3.05) is 31.1 Å². The Morgan fingerprint density at radius 2 is 2.50 bits per heavy atom. The molecule has 0 saturated carbocycles. The second-order valence-electron chi connectivity index (χ2n) is 4.02. The summed E-state index contributed by atoms with van der Waals surface area (Å²) in [5.41, 5.74) is 0.576. The number of anilines is 1. The Bertz CT molecular complexity index is 421. The molecule has 2 aliphatic rings. The number of ether oxygens (including phenoxy) is 1. The topological polar surface area (TPSA) is 54.5 Å². The van der Waals surface area contributed by atoms with Gasteiger partial charge in [-0.25, -0.2) is 9.78 Å². The summed E-state index contributed by atoms with van der Waals surface area (Å²) in [5.74, 6) is 0.494. The molecule has 2 aliphatic heterocycles. The summed E-state index contributed by atoms with van der Waals surface area (Å²) in [6, 6.07) is 3.74. The van der Waals surface area contributed by atoms with Crippen LogP contribution in [0.3, 0.4) is 0 Å². The molecule has 0 spiro atoms. The highest BCUT2D eigenvalue weighted by Gasteiger charge is 2.31. The number of cyclic esters (lactones) is 1. The summed E-state index contributed by atoms with van der Waals surface area (Å²) in [6.45, 7) is 3.05. The molecule has 0 amide bonds. The summed E-state index contributed by atoms with van der Waals surface area (Å²) in [5, 5.41) is 3.30. The maximum atomic E-state index is 11.7. The van der Waals surface area contributed by atoms with Gasteiger partial charge in [0.1, 0.15) is 18.0 Å². The van der Waals surface area contributed by atoms with Crippen molar-refractivity contribution < 1.29 is 9.53 Å². The van der Waals surface area contributed by atoms with Gasteiger partial charge < -0.3 is 15.0 Å². The highest BCUT2D eigenvalue weighted by Crippen LogP contribution is 2.24. The molecule has 1 fully saturated rings. The number of piperazine rings is 1. The number of rotatable bonds is 0. The largest absolute Gasteiger partial charge is 0.460 e. The molecule has 84 valence electrons. The lowest BCUT2D eigenvalue weighted by Gasteiger charge is -2.35. The number of carbonyl (C=O) groups excluding carboxylic acids is 1. The van der Waals surface area contributed by atoms with Crippen LogP contribution in [0.25, 0.3) is 0 Å². The third kappa shape index (κ3) is 1.44. The highest BCUT2D eigenvalue weighted by molar-refractivity contribution is 5.95. The zero-order chi connectivity index (χ0) is 11.0. The number of nitrogens with one attached hydrogen (secondary N) is 1. The molecule has 1 unspecified atom stereocenters. The van der Waals surface area contributed by atoms with Gasteiger partial charge in [-0.3, -0.25) is 0 Å². The molecule has 1 aromatic rings. The normalized spacial score (nSPS) is 24.1. The molecule has 1 N–H and O–H groups in total. The first kappa shape index (κ1) is 9.59. The van der Waals surface area contributed by atoms with E-state index in [9.17, 15) is 4.79 Å². The van der Waals surface area contributed by atoms with E-state index in [2.05, 4.69) is 15.2 Å². The summed E-state index contributed by atoms with van der Waals surface area (Å²) in [7, 11) is 0. The average Bonchev–Trinajstić information content (AvgIpc) is 2.49. The Morgan fingerprint density at radius 3 is 3.44 bits per heavy atom. The Kier molecular flexibility index (Phi) is 2.25. The lowest BCUT2D eigenvalue weighted by molar-refractivity contribution is 0.0490. The highest BCUT2D eigenvalue weighted by atomic mass is 16.5. The van der Waals surface area contributed by atoms with Crippen LogP contribution in [0.1, 0.15) is 10.4 Å². The maximum absolute atomic E-state index is 11.7. The molecule has 0 aromatic carbocycles. The molecule has 1 aromatic heterocycles. The van der Waals surface area contributed by atoms with Crippen molar-refractivity contribution in [3.8, 4) is 0 Å².